The number of benzene rings is 2. The zero-order chi connectivity index (χ0) is 22.6. The van der Waals surface area contributed by atoms with Gasteiger partial charge in [-0.3, -0.25) is 0 Å². The highest BCUT2D eigenvalue weighted by Crippen LogP contribution is 2.39. The maximum Gasteiger partial charge on any atom is 0.356 e. The average Bonchev–Trinajstić information content (AvgIpc) is 3.31. The van der Waals surface area contributed by atoms with Crippen molar-refractivity contribution < 1.29 is 19.0 Å². The Bertz CT molecular complexity index is 1530. The predicted molar refractivity (Wildman–Crippen MR) is 125 cm³/mol. The molecule has 5 aromatic rings. The Morgan fingerprint density at radius 2 is 1.50 bits per heavy atom. The van der Waals surface area contributed by atoms with Gasteiger partial charge in [0.2, 0.25) is 0 Å². The lowest BCUT2D eigenvalue weighted by molar-refractivity contribution is 0.0594. The minimum atomic E-state index is -0.476. The molecule has 0 aliphatic carbocycles. The normalized spacial score (nSPS) is 11.4. The summed E-state index contributed by atoms with van der Waals surface area (Å²) in [6.07, 6.45) is 0. The summed E-state index contributed by atoms with van der Waals surface area (Å²) >= 11 is 0. The van der Waals surface area contributed by atoms with Gasteiger partial charge in [0.15, 0.2) is 5.69 Å². The van der Waals surface area contributed by atoms with E-state index in [1.807, 2.05) is 50.5 Å². The van der Waals surface area contributed by atoms with Gasteiger partial charge in [-0.25, -0.2) is 9.78 Å². The van der Waals surface area contributed by atoms with Gasteiger partial charge < -0.3 is 23.3 Å². The topological polar surface area (TPSA) is 67.5 Å². The van der Waals surface area contributed by atoms with Gasteiger partial charge in [0, 0.05) is 41.3 Å². The molecule has 0 unspecified atom stereocenters. The summed E-state index contributed by atoms with van der Waals surface area (Å²) in [5.41, 5.74) is 4.80. The predicted octanol–water partition coefficient (Wildman–Crippen LogP) is 4.69. The zero-order valence-corrected chi connectivity index (χ0v) is 18.6. The first-order valence-electron chi connectivity index (χ1n) is 10.2. The van der Waals surface area contributed by atoms with Crippen molar-refractivity contribution in [1.82, 2.24) is 14.1 Å². The number of nitrogens with zero attached hydrogens (tertiary/aromatic N) is 3. The lowest BCUT2D eigenvalue weighted by Gasteiger charge is -2.09. The molecule has 0 saturated carbocycles. The molecular formula is C25H23N3O4. The van der Waals surface area contributed by atoms with E-state index < -0.39 is 5.97 Å². The van der Waals surface area contributed by atoms with Gasteiger partial charge >= 0.3 is 5.97 Å². The Morgan fingerprint density at radius 1 is 0.812 bits per heavy atom. The van der Waals surface area contributed by atoms with E-state index in [4.69, 9.17) is 19.2 Å². The second-order valence-electron chi connectivity index (χ2n) is 7.70. The van der Waals surface area contributed by atoms with E-state index in [1.165, 1.54) is 7.11 Å². The van der Waals surface area contributed by atoms with Crippen molar-refractivity contribution in [1.29, 1.82) is 0 Å². The van der Waals surface area contributed by atoms with E-state index >= 15 is 0 Å². The van der Waals surface area contributed by atoms with Gasteiger partial charge in [-0.2, -0.15) is 0 Å². The fraction of sp³-hybridized carbons (Fsp3) is 0.200. The fourth-order valence-corrected chi connectivity index (χ4v) is 4.40. The molecule has 0 N–H and O–H groups in total. The largest absolute Gasteiger partial charge is 0.497 e. The number of hydrogen-bond donors (Lipinski definition) is 0. The van der Waals surface area contributed by atoms with Crippen LogP contribution in [0.15, 0.2) is 48.5 Å². The molecule has 5 rings (SSSR count). The van der Waals surface area contributed by atoms with E-state index in [-0.39, 0.29) is 5.69 Å². The lowest BCUT2D eigenvalue weighted by Crippen LogP contribution is -2.06. The standard InChI is InChI=1S/C25H23N3O4/c1-27-19-8-6-15(30-3)10-14(19)11-22(27)24-23-17-12-16(31-4)7-9-20(17)28(2)21(23)13-18(26-24)25(29)32-5/h6-13H,1-5H3. The van der Waals surface area contributed by atoms with Crippen LogP contribution in [0.1, 0.15) is 10.5 Å². The van der Waals surface area contributed by atoms with E-state index in [0.29, 0.717) is 5.69 Å². The molecule has 2 aromatic carbocycles. The monoisotopic (exact) mass is 429 g/mol. The third kappa shape index (κ3) is 2.81. The Kier molecular flexibility index (Phi) is 4.55. The Balaban J connectivity index is 1.93. The first-order valence-corrected chi connectivity index (χ1v) is 10.2. The quantitative estimate of drug-likeness (QED) is 0.388. The molecule has 3 heterocycles. The smallest absolute Gasteiger partial charge is 0.356 e. The number of ether oxygens (including phenoxy) is 3. The van der Waals surface area contributed by atoms with Crippen LogP contribution >= 0.6 is 0 Å². The summed E-state index contributed by atoms with van der Waals surface area (Å²) in [4.78, 5) is 17.2. The first kappa shape index (κ1) is 19.9. The first-order chi connectivity index (χ1) is 15.5. The van der Waals surface area contributed by atoms with Gasteiger partial charge in [-0.05, 0) is 48.5 Å². The molecular weight excluding hydrogens is 406 g/mol. The molecule has 32 heavy (non-hydrogen) atoms. The van der Waals surface area contributed by atoms with Crippen molar-refractivity contribution in [3.05, 3.63) is 54.2 Å². The molecule has 0 saturated heterocycles. The Morgan fingerprint density at radius 3 is 2.19 bits per heavy atom. The number of aromatic nitrogens is 3. The highest BCUT2D eigenvalue weighted by atomic mass is 16.5. The van der Waals surface area contributed by atoms with Gasteiger partial charge in [0.05, 0.1) is 38.2 Å². The number of rotatable bonds is 4. The molecule has 0 spiro atoms. The third-order valence-electron chi connectivity index (χ3n) is 6.08. The number of carbonyl (C=O) groups is 1. The highest BCUT2D eigenvalue weighted by molar-refractivity contribution is 6.15. The van der Waals surface area contributed by atoms with Gasteiger partial charge in [-0.15, -0.1) is 0 Å². The molecule has 0 aliphatic heterocycles. The number of fused-ring (bicyclic) bond motifs is 4. The van der Waals surface area contributed by atoms with Gasteiger partial charge in [-0.1, -0.05) is 0 Å². The number of pyridine rings is 1. The molecule has 0 aliphatic rings. The number of methoxy groups -OCH3 is 3. The van der Waals surface area contributed by atoms with Crippen LogP contribution in [0.3, 0.4) is 0 Å². The zero-order valence-electron chi connectivity index (χ0n) is 18.6. The summed E-state index contributed by atoms with van der Waals surface area (Å²) in [6.45, 7) is 0. The lowest BCUT2D eigenvalue weighted by atomic mass is 10.1. The van der Waals surface area contributed by atoms with Crippen LogP contribution in [0.4, 0.5) is 0 Å². The number of hydrogen-bond acceptors (Lipinski definition) is 5. The second kappa shape index (κ2) is 7.30. The van der Waals surface area contributed by atoms with E-state index in [1.54, 1.807) is 20.3 Å². The van der Waals surface area contributed by atoms with Crippen LogP contribution in [0.2, 0.25) is 0 Å². The van der Waals surface area contributed by atoms with Gasteiger partial charge in [0.25, 0.3) is 0 Å². The molecule has 7 heteroatoms. The highest BCUT2D eigenvalue weighted by Gasteiger charge is 2.22. The van der Waals surface area contributed by atoms with Crippen LogP contribution in [0.25, 0.3) is 44.1 Å². The summed E-state index contributed by atoms with van der Waals surface area (Å²) in [6, 6.07) is 15.7. The Hall–Kier alpha value is -4.00. The molecule has 0 amide bonds. The van der Waals surface area contributed by atoms with Crippen molar-refractivity contribution in [3.63, 3.8) is 0 Å². The van der Waals surface area contributed by atoms with Crippen molar-refractivity contribution in [3.8, 4) is 22.9 Å². The van der Waals surface area contributed by atoms with Crippen molar-refractivity contribution >= 4 is 38.7 Å². The van der Waals surface area contributed by atoms with E-state index in [2.05, 4.69) is 15.2 Å². The summed E-state index contributed by atoms with van der Waals surface area (Å²) in [7, 11) is 8.64. The molecule has 0 atom stereocenters. The average molecular weight is 429 g/mol. The van der Waals surface area contributed by atoms with Crippen LogP contribution < -0.4 is 9.47 Å². The number of esters is 1. The maximum absolute atomic E-state index is 12.5. The molecule has 3 aromatic heterocycles. The molecule has 0 bridgehead atoms. The molecule has 0 radical (unpaired) electrons. The minimum Gasteiger partial charge on any atom is -0.497 e. The summed E-state index contributed by atoms with van der Waals surface area (Å²) in [5, 5.41) is 2.98. The van der Waals surface area contributed by atoms with Crippen molar-refractivity contribution in [2.24, 2.45) is 14.1 Å². The third-order valence-corrected chi connectivity index (χ3v) is 6.08. The van der Waals surface area contributed by atoms with Crippen molar-refractivity contribution in [2.75, 3.05) is 21.3 Å². The van der Waals surface area contributed by atoms with Crippen LogP contribution in [-0.4, -0.2) is 41.4 Å². The van der Waals surface area contributed by atoms with Crippen LogP contribution in [-0.2, 0) is 18.8 Å². The maximum atomic E-state index is 12.5. The minimum absolute atomic E-state index is 0.260. The Labute approximate surface area is 184 Å². The summed E-state index contributed by atoms with van der Waals surface area (Å²) < 4.78 is 20.0. The molecule has 162 valence electrons. The van der Waals surface area contributed by atoms with Gasteiger partial charge in [0.1, 0.15) is 11.5 Å². The van der Waals surface area contributed by atoms with E-state index in [0.717, 1.165) is 49.9 Å². The second-order valence-corrected chi connectivity index (χ2v) is 7.70. The van der Waals surface area contributed by atoms with Crippen LogP contribution in [0, 0.1) is 0 Å². The molecule has 0 fully saturated rings. The fourth-order valence-electron chi connectivity index (χ4n) is 4.40. The summed E-state index contributed by atoms with van der Waals surface area (Å²) in [5.74, 6) is 1.07. The molecule has 7 nitrogen and oxygen atoms in total. The SMILES string of the molecule is COC(=O)c1cc2c(c(-c3cc4cc(OC)ccc4n3C)n1)c1cc(OC)ccc1n2C. The van der Waals surface area contributed by atoms with E-state index in [9.17, 15) is 4.79 Å². The van der Waals surface area contributed by atoms with Crippen molar-refractivity contribution in [2.45, 2.75) is 0 Å². The van der Waals surface area contributed by atoms with Crippen LogP contribution in [0.5, 0.6) is 11.5 Å². The number of carbonyl (C=O) groups excluding carboxylic acids is 1. The number of aryl methyl sites for hydroxylation is 2.